The van der Waals surface area contributed by atoms with E-state index >= 15 is 0 Å². The number of aromatic nitrogens is 3. The predicted octanol–water partition coefficient (Wildman–Crippen LogP) is 4.88. The van der Waals surface area contributed by atoms with Crippen molar-refractivity contribution >= 4 is 23.4 Å². The maximum Gasteiger partial charge on any atom is 0.234 e. The normalized spacial score (nSPS) is 10.6. The molecule has 2 aromatic carbocycles. The molecule has 0 spiro atoms. The van der Waals surface area contributed by atoms with Gasteiger partial charge in [0.1, 0.15) is 5.75 Å². The van der Waals surface area contributed by atoms with E-state index < -0.39 is 0 Å². The highest BCUT2D eigenvalue weighted by molar-refractivity contribution is 7.99. The average molecular weight is 423 g/mol. The number of anilines is 1. The van der Waals surface area contributed by atoms with Gasteiger partial charge < -0.3 is 10.1 Å². The summed E-state index contributed by atoms with van der Waals surface area (Å²) in [5, 5.41) is 12.3. The van der Waals surface area contributed by atoms with Crippen LogP contribution in [0.5, 0.6) is 5.75 Å². The zero-order chi connectivity index (χ0) is 21.5. The molecule has 3 aromatic rings. The van der Waals surface area contributed by atoms with Gasteiger partial charge in [0.05, 0.1) is 17.9 Å². The third-order valence-electron chi connectivity index (χ3n) is 4.44. The van der Waals surface area contributed by atoms with Gasteiger partial charge in [-0.25, -0.2) is 0 Å². The van der Waals surface area contributed by atoms with Crippen molar-refractivity contribution in [3.05, 3.63) is 66.2 Å². The van der Waals surface area contributed by atoms with Gasteiger partial charge in [-0.15, -0.1) is 16.8 Å². The largest absolute Gasteiger partial charge is 0.493 e. The van der Waals surface area contributed by atoms with Crippen molar-refractivity contribution in [2.45, 2.75) is 32.5 Å². The monoisotopic (exact) mass is 422 g/mol. The maximum absolute atomic E-state index is 12.5. The molecular weight excluding hydrogens is 396 g/mol. The second-order valence-electron chi connectivity index (χ2n) is 6.79. The van der Waals surface area contributed by atoms with E-state index in [0.29, 0.717) is 24.1 Å². The Morgan fingerprint density at radius 3 is 2.77 bits per heavy atom. The first-order valence-electron chi connectivity index (χ1n) is 9.79. The SMILES string of the molecule is C=CCn1c(SCC(=O)Nc2ccc(C)cc2C)nnc1-c1ccccc1OCC. The Morgan fingerprint density at radius 2 is 2.03 bits per heavy atom. The highest BCUT2D eigenvalue weighted by Crippen LogP contribution is 2.31. The quantitative estimate of drug-likeness (QED) is 0.393. The van der Waals surface area contributed by atoms with Crippen molar-refractivity contribution in [1.29, 1.82) is 0 Å². The molecule has 30 heavy (non-hydrogen) atoms. The number of ether oxygens (including phenoxy) is 1. The Bertz CT molecular complexity index is 1050. The fraction of sp³-hybridized carbons (Fsp3) is 0.261. The highest BCUT2D eigenvalue weighted by atomic mass is 32.2. The van der Waals surface area contributed by atoms with E-state index in [4.69, 9.17) is 4.74 Å². The van der Waals surface area contributed by atoms with Gasteiger partial charge in [0.15, 0.2) is 11.0 Å². The summed E-state index contributed by atoms with van der Waals surface area (Å²) < 4.78 is 7.68. The number of hydrogen-bond donors (Lipinski definition) is 1. The molecule has 1 amide bonds. The van der Waals surface area contributed by atoms with Crippen LogP contribution in [0.3, 0.4) is 0 Å². The first kappa shape index (κ1) is 21.6. The number of aryl methyl sites for hydroxylation is 2. The minimum atomic E-state index is -0.0867. The number of nitrogens with zero attached hydrogens (tertiary/aromatic N) is 3. The second-order valence-corrected chi connectivity index (χ2v) is 7.73. The molecule has 156 valence electrons. The van der Waals surface area contributed by atoms with E-state index in [9.17, 15) is 4.79 Å². The van der Waals surface area contributed by atoms with E-state index in [1.165, 1.54) is 11.8 Å². The Hall–Kier alpha value is -3.06. The van der Waals surface area contributed by atoms with Crippen molar-refractivity contribution in [3.63, 3.8) is 0 Å². The molecule has 0 unspecified atom stereocenters. The van der Waals surface area contributed by atoms with Crippen LogP contribution in [0.15, 0.2) is 60.3 Å². The molecule has 7 heteroatoms. The van der Waals surface area contributed by atoms with Crippen LogP contribution >= 0.6 is 11.8 Å². The number of benzene rings is 2. The number of thioether (sulfide) groups is 1. The molecule has 6 nitrogen and oxygen atoms in total. The Kier molecular flexibility index (Phi) is 7.30. The topological polar surface area (TPSA) is 69.0 Å². The van der Waals surface area contributed by atoms with Gasteiger partial charge >= 0.3 is 0 Å². The fourth-order valence-electron chi connectivity index (χ4n) is 3.09. The zero-order valence-electron chi connectivity index (χ0n) is 17.5. The second kappa shape index (κ2) is 10.1. The lowest BCUT2D eigenvalue weighted by Crippen LogP contribution is -2.15. The van der Waals surface area contributed by atoms with Crippen LogP contribution in [-0.4, -0.2) is 33.0 Å². The molecular formula is C23H26N4O2S. The van der Waals surface area contributed by atoms with Gasteiger partial charge in [-0.3, -0.25) is 9.36 Å². The maximum atomic E-state index is 12.5. The van der Waals surface area contributed by atoms with Crippen LogP contribution in [0.25, 0.3) is 11.4 Å². The number of amides is 1. The van der Waals surface area contributed by atoms with E-state index in [0.717, 1.165) is 28.1 Å². The van der Waals surface area contributed by atoms with Crippen LogP contribution in [0.2, 0.25) is 0 Å². The fourth-order valence-corrected chi connectivity index (χ4v) is 3.84. The summed E-state index contributed by atoms with van der Waals surface area (Å²) in [6.45, 7) is 10.9. The Morgan fingerprint density at radius 1 is 1.23 bits per heavy atom. The van der Waals surface area contributed by atoms with Gasteiger partial charge in [0, 0.05) is 12.2 Å². The van der Waals surface area contributed by atoms with Gasteiger partial charge in [0.2, 0.25) is 5.91 Å². The summed E-state index contributed by atoms with van der Waals surface area (Å²) in [6, 6.07) is 13.7. The first-order chi connectivity index (χ1) is 14.5. The average Bonchev–Trinajstić information content (AvgIpc) is 3.12. The van der Waals surface area contributed by atoms with Gasteiger partial charge in [-0.2, -0.15) is 0 Å². The van der Waals surface area contributed by atoms with Crippen LogP contribution in [0, 0.1) is 13.8 Å². The molecule has 3 rings (SSSR count). The minimum Gasteiger partial charge on any atom is -0.493 e. The number of carbonyl (C=O) groups excluding carboxylic acids is 1. The van der Waals surface area contributed by atoms with Crippen LogP contribution in [-0.2, 0) is 11.3 Å². The van der Waals surface area contributed by atoms with Gasteiger partial charge in [0.25, 0.3) is 0 Å². The minimum absolute atomic E-state index is 0.0867. The Balaban J connectivity index is 1.77. The van der Waals surface area contributed by atoms with Crippen molar-refractivity contribution in [2.75, 3.05) is 17.7 Å². The third kappa shape index (κ3) is 5.10. The zero-order valence-corrected chi connectivity index (χ0v) is 18.3. The van der Waals surface area contributed by atoms with E-state index in [-0.39, 0.29) is 11.7 Å². The molecule has 1 aromatic heterocycles. The van der Waals surface area contributed by atoms with Crippen molar-refractivity contribution in [2.24, 2.45) is 0 Å². The molecule has 0 atom stereocenters. The predicted molar refractivity (Wildman–Crippen MR) is 122 cm³/mol. The standard InChI is InChI=1S/C23H26N4O2S/c1-5-13-27-22(18-9-7-8-10-20(18)29-6-2)25-26-23(27)30-15-21(28)24-19-12-11-16(3)14-17(19)4/h5,7-12,14H,1,6,13,15H2,2-4H3,(H,24,28). The smallest absolute Gasteiger partial charge is 0.234 e. The number of para-hydroxylation sites is 1. The van der Waals surface area contributed by atoms with E-state index in [1.54, 1.807) is 6.08 Å². The van der Waals surface area contributed by atoms with Crippen LogP contribution < -0.4 is 10.1 Å². The van der Waals surface area contributed by atoms with Crippen molar-refractivity contribution < 1.29 is 9.53 Å². The molecule has 0 aliphatic heterocycles. The van der Waals surface area contributed by atoms with Gasteiger partial charge in [-0.1, -0.05) is 47.7 Å². The van der Waals surface area contributed by atoms with Gasteiger partial charge in [-0.05, 0) is 44.5 Å². The number of nitrogens with one attached hydrogen (secondary N) is 1. The summed E-state index contributed by atoms with van der Waals surface area (Å²) in [7, 11) is 0. The molecule has 0 aliphatic carbocycles. The highest BCUT2D eigenvalue weighted by Gasteiger charge is 2.18. The molecule has 0 saturated carbocycles. The number of rotatable bonds is 9. The lowest BCUT2D eigenvalue weighted by molar-refractivity contribution is -0.113. The first-order valence-corrected chi connectivity index (χ1v) is 10.8. The Labute approximate surface area is 181 Å². The summed E-state index contributed by atoms with van der Waals surface area (Å²) in [5.74, 6) is 1.59. The van der Waals surface area contributed by atoms with E-state index in [1.807, 2.05) is 67.8 Å². The molecule has 0 radical (unpaired) electrons. The summed E-state index contributed by atoms with van der Waals surface area (Å²) >= 11 is 1.35. The van der Waals surface area contributed by atoms with Crippen LogP contribution in [0.1, 0.15) is 18.1 Å². The van der Waals surface area contributed by atoms with Crippen LogP contribution in [0.4, 0.5) is 5.69 Å². The summed E-state index contributed by atoms with van der Waals surface area (Å²) in [5.41, 5.74) is 3.89. The molecule has 0 aliphatic rings. The molecule has 0 fully saturated rings. The molecule has 0 bridgehead atoms. The summed E-state index contributed by atoms with van der Waals surface area (Å²) in [4.78, 5) is 12.5. The molecule has 1 N–H and O–H groups in total. The van der Waals surface area contributed by atoms with Crippen molar-refractivity contribution in [3.8, 4) is 17.1 Å². The number of hydrogen-bond acceptors (Lipinski definition) is 5. The van der Waals surface area contributed by atoms with E-state index in [2.05, 4.69) is 22.1 Å². The summed E-state index contributed by atoms with van der Waals surface area (Å²) in [6.07, 6.45) is 1.79. The third-order valence-corrected chi connectivity index (χ3v) is 5.41. The molecule has 0 saturated heterocycles. The lowest BCUT2D eigenvalue weighted by Gasteiger charge is -2.12. The van der Waals surface area contributed by atoms with Crippen molar-refractivity contribution in [1.82, 2.24) is 14.8 Å². The number of carbonyl (C=O) groups is 1. The lowest BCUT2D eigenvalue weighted by atomic mass is 10.1. The molecule has 1 heterocycles. The number of allylic oxidation sites excluding steroid dienone is 1.